The largest absolute Gasteiger partial charge is 0.447 e. The van der Waals surface area contributed by atoms with E-state index in [1.807, 2.05) is 24.3 Å². The summed E-state index contributed by atoms with van der Waals surface area (Å²) in [4.78, 5) is 19.2. The Kier molecular flexibility index (Phi) is 6.46. The number of hydrogen-bond donors (Lipinski definition) is 0. The van der Waals surface area contributed by atoms with E-state index in [4.69, 9.17) is 4.74 Å². The van der Waals surface area contributed by atoms with Gasteiger partial charge in [0.15, 0.2) is 5.69 Å². The van der Waals surface area contributed by atoms with Gasteiger partial charge in [-0.25, -0.2) is 4.39 Å². The van der Waals surface area contributed by atoms with E-state index in [2.05, 4.69) is 22.1 Å². The van der Waals surface area contributed by atoms with Crippen LogP contribution in [0.5, 0.6) is 5.88 Å². The first-order chi connectivity index (χ1) is 15.1. The molecule has 1 aromatic heterocycles. The minimum atomic E-state index is -0.805. The van der Waals surface area contributed by atoms with E-state index in [0.29, 0.717) is 33.5 Å². The van der Waals surface area contributed by atoms with E-state index in [1.165, 1.54) is 23.9 Å². The normalized spacial score (nSPS) is 14.9. The summed E-state index contributed by atoms with van der Waals surface area (Å²) in [5.41, 5.74) is 2.50. The number of thioether (sulfide) groups is 1. The number of hydrogen-bond acceptors (Lipinski definition) is 6. The molecule has 2 heterocycles. The molecule has 0 aliphatic carbocycles. The number of anilines is 1. The number of benzene rings is 2. The maximum absolute atomic E-state index is 13.6. The molecule has 1 amide bonds. The summed E-state index contributed by atoms with van der Waals surface area (Å²) in [5, 5.41) is 9.20. The SMILES string of the molecule is CCCCSc1nnc2c(n1)O[C@@H](c1ccc(F)cc1)N(C(=O)CC)c1ccccc1-2. The monoisotopic (exact) mass is 438 g/mol. The van der Waals surface area contributed by atoms with Crippen molar-refractivity contribution in [3.8, 4) is 17.1 Å². The molecule has 0 bridgehead atoms. The number of ether oxygens (including phenoxy) is 1. The molecule has 3 aromatic rings. The van der Waals surface area contributed by atoms with Gasteiger partial charge in [-0.3, -0.25) is 9.69 Å². The number of halogens is 1. The average molecular weight is 439 g/mol. The van der Waals surface area contributed by atoms with Crippen molar-refractivity contribution >= 4 is 23.4 Å². The second-order valence-electron chi connectivity index (χ2n) is 7.11. The van der Waals surface area contributed by atoms with Gasteiger partial charge in [0.2, 0.25) is 23.2 Å². The fraction of sp³-hybridized carbons (Fsp3) is 0.304. The van der Waals surface area contributed by atoms with Crippen molar-refractivity contribution in [1.82, 2.24) is 15.2 Å². The summed E-state index contributed by atoms with van der Waals surface area (Å²) in [6.45, 7) is 3.93. The predicted molar refractivity (Wildman–Crippen MR) is 118 cm³/mol. The van der Waals surface area contributed by atoms with Crippen LogP contribution < -0.4 is 9.64 Å². The van der Waals surface area contributed by atoms with Crippen molar-refractivity contribution in [2.24, 2.45) is 0 Å². The van der Waals surface area contributed by atoms with Gasteiger partial charge in [-0.05, 0) is 24.6 Å². The molecular formula is C23H23FN4O2S. The lowest BCUT2D eigenvalue weighted by Crippen LogP contribution is -2.37. The van der Waals surface area contributed by atoms with E-state index in [9.17, 15) is 9.18 Å². The first kappa shape index (κ1) is 21.2. The van der Waals surface area contributed by atoms with Crippen molar-refractivity contribution in [1.29, 1.82) is 0 Å². The Balaban J connectivity index is 1.85. The van der Waals surface area contributed by atoms with Crippen molar-refractivity contribution < 1.29 is 13.9 Å². The molecule has 1 aliphatic heterocycles. The second kappa shape index (κ2) is 9.43. The second-order valence-corrected chi connectivity index (χ2v) is 8.17. The number of unbranched alkanes of at least 4 members (excludes halogenated alkanes) is 1. The molecule has 6 nitrogen and oxygen atoms in total. The lowest BCUT2D eigenvalue weighted by Gasteiger charge is -2.30. The summed E-state index contributed by atoms with van der Waals surface area (Å²) in [7, 11) is 0. The van der Waals surface area contributed by atoms with Gasteiger partial charge in [0.1, 0.15) is 5.82 Å². The van der Waals surface area contributed by atoms with Gasteiger partial charge in [0.05, 0.1) is 5.69 Å². The molecule has 0 saturated carbocycles. The number of para-hydroxylation sites is 1. The van der Waals surface area contributed by atoms with E-state index >= 15 is 0 Å². The highest BCUT2D eigenvalue weighted by molar-refractivity contribution is 7.99. The lowest BCUT2D eigenvalue weighted by atomic mass is 10.1. The summed E-state index contributed by atoms with van der Waals surface area (Å²) in [5.74, 6) is 0.711. The zero-order valence-electron chi connectivity index (χ0n) is 17.4. The molecule has 0 N–H and O–H groups in total. The zero-order valence-corrected chi connectivity index (χ0v) is 18.2. The first-order valence-electron chi connectivity index (χ1n) is 10.3. The summed E-state index contributed by atoms with van der Waals surface area (Å²) in [6.07, 6.45) is 1.60. The van der Waals surface area contributed by atoms with E-state index in [1.54, 1.807) is 24.0 Å². The molecule has 0 saturated heterocycles. The smallest absolute Gasteiger partial charge is 0.247 e. The van der Waals surface area contributed by atoms with Gasteiger partial charge in [-0.1, -0.05) is 62.4 Å². The van der Waals surface area contributed by atoms with Gasteiger partial charge in [-0.15, -0.1) is 10.2 Å². The third-order valence-corrected chi connectivity index (χ3v) is 5.89. The number of aromatic nitrogens is 3. The Labute approximate surface area is 184 Å². The third-order valence-electron chi connectivity index (χ3n) is 4.97. The molecule has 0 spiro atoms. The van der Waals surface area contributed by atoms with E-state index < -0.39 is 6.23 Å². The molecule has 8 heteroatoms. The maximum atomic E-state index is 13.6. The maximum Gasteiger partial charge on any atom is 0.247 e. The molecule has 31 heavy (non-hydrogen) atoms. The van der Waals surface area contributed by atoms with E-state index in [0.717, 1.165) is 18.6 Å². The Morgan fingerprint density at radius 2 is 1.90 bits per heavy atom. The minimum absolute atomic E-state index is 0.125. The molecule has 0 fully saturated rings. The van der Waals surface area contributed by atoms with Gasteiger partial charge >= 0.3 is 0 Å². The van der Waals surface area contributed by atoms with Crippen molar-refractivity contribution in [2.75, 3.05) is 10.7 Å². The minimum Gasteiger partial charge on any atom is -0.447 e. The fourth-order valence-corrected chi connectivity index (χ4v) is 4.23. The van der Waals surface area contributed by atoms with Crippen LogP contribution in [0.25, 0.3) is 11.3 Å². The molecule has 1 atom stereocenters. The molecular weight excluding hydrogens is 415 g/mol. The van der Waals surface area contributed by atoms with Crippen molar-refractivity contribution in [3.63, 3.8) is 0 Å². The first-order valence-corrected chi connectivity index (χ1v) is 11.3. The summed E-state index contributed by atoms with van der Waals surface area (Å²) >= 11 is 1.52. The Hall–Kier alpha value is -3.00. The highest BCUT2D eigenvalue weighted by atomic mass is 32.2. The van der Waals surface area contributed by atoms with Crippen molar-refractivity contribution in [3.05, 3.63) is 59.9 Å². The number of carbonyl (C=O) groups excluding carboxylic acids is 1. The van der Waals surface area contributed by atoms with Crippen LogP contribution in [0.1, 0.15) is 44.9 Å². The third kappa shape index (κ3) is 4.39. The highest BCUT2D eigenvalue weighted by Gasteiger charge is 2.35. The standard InChI is InChI=1S/C23H23FN4O2S/c1-3-5-14-31-23-25-21-20(26-27-23)17-8-6-7-9-18(17)28(19(29)4-2)22(30-21)15-10-12-16(24)13-11-15/h6-13,22H,3-5,14H2,1-2H3/t22-/m0/s1. The number of rotatable bonds is 6. The van der Waals surface area contributed by atoms with Crippen LogP contribution in [0.2, 0.25) is 0 Å². The number of fused-ring (bicyclic) bond motifs is 3. The summed E-state index contributed by atoms with van der Waals surface area (Å²) in [6, 6.07) is 13.4. The zero-order chi connectivity index (χ0) is 21.8. The number of carbonyl (C=O) groups is 1. The quantitative estimate of drug-likeness (QED) is 0.379. The average Bonchev–Trinajstić information content (AvgIpc) is 2.93. The molecule has 160 valence electrons. The van der Waals surface area contributed by atoms with Crippen molar-refractivity contribution in [2.45, 2.75) is 44.5 Å². The molecule has 4 rings (SSSR count). The van der Waals surface area contributed by atoms with Gasteiger partial charge in [-0.2, -0.15) is 4.98 Å². The van der Waals surface area contributed by atoms with Crippen LogP contribution in [0, 0.1) is 5.82 Å². The Morgan fingerprint density at radius 3 is 2.65 bits per heavy atom. The van der Waals surface area contributed by atoms with Crippen LogP contribution in [0.15, 0.2) is 53.7 Å². The topological polar surface area (TPSA) is 68.2 Å². The van der Waals surface area contributed by atoms with Gasteiger partial charge < -0.3 is 4.74 Å². The highest BCUT2D eigenvalue weighted by Crippen LogP contribution is 2.43. The Morgan fingerprint density at radius 1 is 1.13 bits per heavy atom. The van der Waals surface area contributed by atoms with Crippen LogP contribution in [0.3, 0.4) is 0 Å². The molecule has 2 aromatic carbocycles. The number of nitrogens with zero attached hydrogens (tertiary/aromatic N) is 4. The lowest BCUT2D eigenvalue weighted by molar-refractivity contribution is -0.120. The van der Waals surface area contributed by atoms with Crippen LogP contribution in [0.4, 0.5) is 10.1 Å². The predicted octanol–water partition coefficient (Wildman–Crippen LogP) is 5.40. The van der Waals surface area contributed by atoms with Crippen LogP contribution >= 0.6 is 11.8 Å². The van der Waals surface area contributed by atoms with Crippen LogP contribution in [-0.4, -0.2) is 26.8 Å². The van der Waals surface area contributed by atoms with Gasteiger partial charge in [0.25, 0.3) is 0 Å². The fourth-order valence-electron chi connectivity index (χ4n) is 3.37. The van der Waals surface area contributed by atoms with E-state index in [-0.39, 0.29) is 18.1 Å². The van der Waals surface area contributed by atoms with Gasteiger partial charge in [0, 0.05) is 23.3 Å². The van der Waals surface area contributed by atoms with Crippen LogP contribution in [-0.2, 0) is 4.79 Å². The number of amides is 1. The summed E-state index contributed by atoms with van der Waals surface area (Å²) < 4.78 is 19.9. The Bertz CT molecular complexity index is 1080. The molecule has 1 aliphatic rings. The molecule has 0 radical (unpaired) electrons. The molecule has 0 unspecified atom stereocenters.